The van der Waals surface area contributed by atoms with Crippen molar-refractivity contribution in [1.29, 1.82) is 0 Å². The van der Waals surface area contributed by atoms with E-state index in [0.29, 0.717) is 18.5 Å². The fraction of sp³-hybridized carbons (Fsp3) is 0.625. The first-order chi connectivity index (χ1) is 7.14. The van der Waals surface area contributed by atoms with E-state index in [1.807, 2.05) is 0 Å². The molecule has 7 heteroatoms. The Hall–Kier alpha value is -0.920. The number of sulfonamides is 1. The van der Waals surface area contributed by atoms with Crippen LogP contribution < -0.4 is 4.72 Å². The van der Waals surface area contributed by atoms with E-state index in [9.17, 15) is 8.42 Å². The number of hydrogen-bond donors (Lipinski definition) is 2. The Morgan fingerprint density at radius 3 is 2.87 bits per heavy atom. The number of rotatable bonds is 7. The van der Waals surface area contributed by atoms with Gasteiger partial charge >= 0.3 is 0 Å². The van der Waals surface area contributed by atoms with Crippen molar-refractivity contribution in [3.05, 3.63) is 18.0 Å². The van der Waals surface area contributed by atoms with Gasteiger partial charge in [-0.1, -0.05) is 5.16 Å². The number of unbranched alkanes of at least 4 members (excludes halogenated alkanes) is 1. The van der Waals surface area contributed by atoms with Gasteiger partial charge in [0.1, 0.15) is 6.26 Å². The van der Waals surface area contributed by atoms with Crippen LogP contribution in [0.4, 0.5) is 0 Å². The fourth-order valence-corrected chi connectivity index (χ4v) is 2.08. The first-order valence-corrected chi connectivity index (χ1v) is 6.27. The second kappa shape index (κ2) is 5.84. The molecule has 0 atom stereocenters. The Labute approximate surface area is 88.3 Å². The summed E-state index contributed by atoms with van der Waals surface area (Å²) in [6.45, 7) is 0.150. The quantitative estimate of drug-likeness (QED) is 0.641. The van der Waals surface area contributed by atoms with Gasteiger partial charge in [-0.25, -0.2) is 13.1 Å². The van der Waals surface area contributed by atoms with E-state index >= 15 is 0 Å². The number of nitrogens with zero attached hydrogens (tertiary/aromatic N) is 1. The van der Waals surface area contributed by atoms with Crippen molar-refractivity contribution in [3.8, 4) is 0 Å². The van der Waals surface area contributed by atoms with E-state index < -0.39 is 10.0 Å². The smallest absolute Gasteiger partial charge is 0.211 e. The van der Waals surface area contributed by atoms with Gasteiger partial charge in [-0.15, -0.1) is 0 Å². The number of aliphatic hydroxyl groups is 1. The van der Waals surface area contributed by atoms with E-state index in [-0.39, 0.29) is 18.9 Å². The van der Waals surface area contributed by atoms with Gasteiger partial charge in [-0.3, -0.25) is 0 Å². The van der Waals surface area contributed by atoms with Crippen LogP contribution in [0.25, 0.3) is 0 Å². The lowest BCUT2D eigenvalue weighted by Crippen LogP contribution is -2.26. The summed E-state index contributed by atoms with van der Waals surface area (Å²) < 4.78 is 29.6. The Bertz CT molecular complexity index is 360. The Kier molecular flexibility index (Phi) is 4.73. The Balaban J connectivity index is 2.30. The van der Waals surface area contributed by atoms with Crippen molar-refractivity contribution >= 4 is 10.0 Å². The van der Waals surface area contributed by atoms with Crippen LogP contribution >= 0.6 is 0 Å². The number of nitrogens with one attached hydrogen (secondary N) is 1. The summed E-state index contributed by atoms with van der Waals surface area (Å²) in [6, 6.07) is 1.59. The molecule has 0 saturated carbocycles. The molecule has 1 aromatic rings. The highest BCUT2D eigenvalue weighted by molar-refractivity contribution is 7.89. The van der Waals surface area contributed by atoms with Crippen LogP contribution in [0.5, 0.6) is 0 Å². The SMILES string of the molecule is O=S(=O)(CCCCO)NCc1ccon1. The van der Waals surface area contributed by atoms with Crippen molar-refractivity contribution in [2.45, 2.75) is 19.4 Å². The van der Waals surface area contributed by atoms with E-state index in [4.69, 9.17) is 5.11 Å². The fourth-order valence-electron chi connectivity index (χ4n) is 0.989. The molecule has 6 nitrogen and oxygen atoms in total. The summed E-state index contributed by atoms with van der Waals surface area (Å²) in [5.74, 6) is 0.0193. The third-order valence-corrected chi connectivity index (χ3v) is 3.20. The lowest BCUT2D eigenvalue weighted by atomic mass is 10.4. The van der Waals surface area contributed by atoms with Crippen LogP contribution in [0.15, 0.2) is 16.9 Å². The summed E-state index contributed by atoms with van der Waals surface area (Å²) in [5, 5.41) is 12.1. The van der Waals surface area contributed by atoms with Gasteiger partial charge in [0.15, 0.2) is 0 Å². The number of aliphatic hydroxyl groups excluding tert-OH is 1. The van der Waals surface area contributed by atoms with Crippen LogP contribution in [0, 0.1) is 0 Å². The second-order valence-electron chi connectivity index (χ2n) is 3.06. The number of hydrogen-bond acceptors (Lipinski definition) is 5. The van der Waals surface area contributed by atoms with Crippen LogP contribution in [-0.2, 0) is 16.6 Å². The van der Waals surface area contributed by atoms with Crippen molar-refractivity contribution in [2.75, 3.05) is 12.4 Å². The van der Waals surface area contributed by atoms with Crippen LogP contribution in [0.1, 0.15) is 18.5 Å². The molecule has 0 aliphatic rings. The van der Waals surface area contributed by atoms with E-state index in [1.54, 1.807) is 6.07 Å². The standard InChI is InChI=1S/C8H14N2O4S/c11-4-1-2-6-15(12,13)9-7-8-3-5-14-10-8/h3,5,9,11H,1-2,4,6-7H2. The highest BCUT2D eigenvalue weighted by Crippen LogP contribution is 1.97. The van der Waals surface area contributed by atoms with E-state index in [2.05, 4.69) is 14.4 Å². The molecule has 1 heterocycles. The van der Waals surface area contributed by atoms with Gasteiger partial charge in [0.25, 0.3) is 0 Å². The summed E-state index contributed by atoms with van der Waals surface area (Å²) in [4.78, 5) is 0. The molecule has 0 radical (unpaired) electrons. The van der Waals surface area contributed by atoms with Gasteiger partial charge in [0.2, 0.25) is 10.0 Å². The molecule has 0 aliphatic heterocycles. The molecule has 1 aromatic heterocycles. The van der Waals surface area contributed by atoms with E-state index in [0.717, 1.165) is 0 Å². The topological polar surface area (TPSA) is 92.4 Å². The molecule has 0 amide bonds. The summed E-state index contributed by atoms with van der Waals surface area (Å²) >= 11 is 0. The van der Waals surface area contributed by atoms with Crippen molar-refractivity contribution in [1.82, 2.24) is 9.88 Å². The Morgan fingerprint density at radius 2 is 2.27 bits per heavy atom. The van der Waals surface area contributed by atoms with Crippen LogP contribution in [0.3, 0.4) is 0 Å². The minimum Gasteiger partial charge on any atom is -0.396 e. The van der Waals surface area contributed by atoms with Crippen molar-refractivity contribution < 1.29 is 18.0 Å². The largest absolute Gasteiger partial charge is 0.396 e. The van der Waals surface area contributed by atoms with Crippen LogP contribution in [-0.4, -0.2) is 31.0 Å². The Morgan fingerprint density at radius 1 is 1.47 bits per heavy atom. The number of aromatic nitrogens is 1. The molecule has 15 heavy (non-hydrogen) atoms. The van der Waals surface area contributed by atoms with Gasteiger partial charge in [-0.2, -0.15) is 0 Å². The zero-order chi connectivity index (χ0) is 11.1. The molecular weight excluding hydrogens is 220 g/mol. The summed E-state index contributed by atoms with van der Waals surface area (Å²) in [7, 11) is -3.27. The zero-order valence-electron chi connectivity index (χ0n) is 8.22. The highest BCUT2D eigenvalue weighted by atomic mass is 32.2. The summed E-state index contributed by atoms with van der Waals surface area (Å²) in [5.41, 5.74) is 0.542. The van der Waals surface area contributed by atoms with Gasteiger partial charge in [0, 0.05) is 12.7 Å². The monoisotopic (exact) mass is 234 g/mol. The molecule has 0 saturated heterocycles. The van der Waals surface area contributed by atoms with E-state index in [1.165, 1.54) is 6.26 Å². The molecular formula is C8H14N2O4S. The molecule has 0 spiro atoms. The molecule has 86 valence electrons. The maximum atomic E-state index is 11.3. The first kappa shape index (κ1) is 12.2. The molecule has 0 aliphatic carbocycles. The predicted molar refractivity (Wildman–Crippen MR) is 53.4 cm³/mol. The molecule has 0 fully saturated rings. The third-order valence-electron chi connectivity index (χ3n) is 1.79. The van der Waals surface area contributed by atoms with Crippen molar-refractivity contribution in [3.63, 3.8) is 0 Å². The second-order valence-corrected chi connectivity index (χ2v) is 4.99. The minimum atomic E-state index is -3.27. The van der Waals surface area contributed by atoms with Gasteiger partial charge in [-0.05, 0) is 12.8 Å². The first-order valence-electron chi connectivity index (χ1n) is 4.61. The van der Waals surface area contributed by atoms with Crippen molar-refractivity contribution in [2.24, 2.45) is 0 Å². The zero-order valence-corrected chi connectivity index (χ0v) is 9.03. The molecule has 0 aromatic carbocycles. The maximum Gasteiger partial charge on any atom is 0.211 e. The molecule has 0 unspecified atom stereocenters. The average molecular weight is 234 g/mol. The molecule has 1 rings (SSSR count). The minimum absolute atomic E-state index is 0.0127. The lowest BCUT2D eigenvalue weighted by molar-refractivity contribution is 0.287. The maximum absolute atomic E-state index is 11.3. The summed E-state index contributed by atoms with van der Waals surface area (Å²) in [6.07, 6.45) is 2.32. The molecule has 0 bridgehead atoms. The third kappa shape index (κ3) is 4.91. The lowest BCUT2D eigenvalue weighted by Gasteiger charge is -2.03. The predicted octanol–water partition coefficient (Wildman–Crippen LogP) is -0.134. The highest BCUT2D eigenvalue weighted by Gasteiger charge is 2.09. The van der Waals surface area contributed by atoms with Gasteiger partial charge in [0.05, 0.1) is 18.0 Å². The normalized spacial score (nSPS) is 11.8. The van der Waals surface area contributed by atoms with Gasteiger partial charge < -0.3 is 9.63 Å². The van der Waals surface area contributed by atoms with Crippen LogP contribution in [0.2, 0.25) is 0 Å². The molecule has 2 N–H and O–H groups in total. The average Bonchev–Trinajstić information content (AvgIpc) is 2.68.